The van der Waals surface area contributed by atoms with E-state index in [1.807, 2.05) is 0 Å². The molecule has 0 spiro atoms. The van der Waals surface area contributed by atoms with Gasteiger partial charge in [-0.1, -0.05) is 44.7 Å². The molecule has 3 aromatic rings. The zero-order chi connectivity index (χ0) is 33.0. The molecule has 0 radical (unpaired) electrons. The van der Waals surface area contributed by atoms with E-state index in [9.17, 15) is 8.78 Å². The van der Waals surface area contributed by atoms with E-state index in [1.165, 1.54) is 31.0 Å². The van der Waals surface area contributed by atoms with Gasteiger partial charge >= 0.3 is 6.11 Å². The van der Waals surface area contributed by atoms with Gasteiger partial charge in [0.25, 0.3) is 0 Å². The minimum absolute atomic E-state index is 0.0483. The molecule has 0 unspecified atom stereocenters. The summed E-state index contributed by atoms with van der Waals surface area (Å²) in [5.74, 6) is -5.18. The van der Waals surface area contributed by atoms with Gasteiger partial charge in [0, 0.05) is 5.56 Å². The molecule has 2 aliphatic carbocycles. The van der Waals surface area contributed by atoms with Gasteiger partial charge in [-0.15, -0.1) is 0 Å². The van der Waals surface area contributed by atoms with Gasteiger partial charge in [-0.3, -0.25) is 0 Å². The van der Waals surface area contributed by atoms with Crippen LogP contribution in [0, 0.1) is 46.3 Å². The number of rotatable bonds is 10. The second-order valence-electron chi connectivity index (χ2n) is 12.8. The smallest absolute Gasteiger partial charge is 0.313 e. The molecule has 9 heteroatoms. The van der Waals surface area contributed by atoms with Crippen molar-refractivity contribution in [2.24, 2.45) is 5.92 Å². The van der Waals surface area contributed by atoms with Crippen molar-refractivity contribution < 1.29 is 35.5 Å². The van der Waals surface area contributed by atoms with Crippen LogP contribution in [0.25, 0.3) is 11.1 Å². The van der Waals surface area contributed by atoms with Crippen molar-refractivity contribution >= 4 is 0 Å². The minimum Gasteiger partial charge on any atom is -0.313 e. The maximum absolute atomic E-state index is 15.2. The standard InChI is InChI=1S/C37H38F7NO/c1-2-3-4-5-22-6-8-24(9-7-22)26-17-34(41)36(35(42)18-26)37(43,44)46-28-13-10-23(11-14-28)25-12-15-29(31(38)16-25)27-19-32(39)30(21-45)33(40)20-27/h12,15-20,22-24,28H,2-11,13-14H2,1H3. The number of hydrogen-bond donors (Lipinski definition) is 0. The van der Waals surface area contributed by atoms with Crippen molar-refractivity contribution in [1.29, 1.82) is 5.26 Å². The second kappa shape index (κ2) is 14.6. The molecular weight excluding hydrogens is 607 g/mol. The molecule has 0 saturated heterocycles. The van der Waals surface area contributed by atoms with E-state index in [4.69, 9.17) is 10.00 Å². The SMILES string of the molecule is CCCCCC1CCC(c2cc(F)c(C(F)(F)OC3CCC(c4ccc(-c5cc(F)c(C#N)c(F)c5)c(F)c4)CC3)c(F)c2)CC1. The molecule has 3 aromatic carbocycles. The zero-order valence-corrected chi connectivity index (χ0v) is 25.8. The minimum atomic E-state index is -4.17. The van der Waals surface area contributed by atoms with E-state index < -0.39 is 52.4 Å². The highest BCUT2D eigenvalue weighted by Gasteiger charge is 2.43. The number of nitrogens with zero attached hydrogens (tertiary/aromatic N) is 1. The fraction of sp³-hybridized carbons (Fsp3) is 0.486. The Morgan fingerprint density at radius 2 is 1.28 bits per heavy atom. The lowest BCUT2D eigenvalue weighted by atomic mass is 9.77. The molecule has 246 valence electrons. The normalized spacial score (nSPS) is 22.1. The third-order valence-electron chi connectivity index (χ3n) is 9.81. The Morgan fingerprint density at radius 1 is 0.717 bits per heavy atom. The number of alkyl halides is 2. The van der Waals surface area contributed by atoms with Gasteiger partial charge in [0.15, 0.2) is 0 Å². The fourth-order valence-electron chi connectivity index (χ4n) is 7.21. The Labute approximate surface area is 265 Å². The topological polar surface area (TPSA) is 33.0 Å². The predicted molar refractivity (Wildman–Crippen MR) is 162 cm³/mol. The summed E-state index contributed by atoms with van der Waals surface area (Å²) >= 11 is 0. The molecule has 0 aliphatic heterocycles. The van der Waals surface area contributed by atoms with Gasteiger partial charge in [-0.25, -0.2) is 22.0 Å². The van der Waals surface area contributed by atoms with E-state index in [-0.39, 0.29) is 35.8 Å². The average molecular weight is 646 g/mol. The van der Waals surface area contributed by atoms with Crippen molar-refractivity contribution in [2.75, 3.05) is 0 Å². The van der Waals surface area contributed by atoms with E-state index >= 15 is 22.0 Å². The summed E-state index contributed by atoms with van der Waals surface area (Å²) in [4.78, 5) is 0. The monoisotopic (exact) mass is 645 g/mol. The first-order chi connectivity index (χ1) is 22.0. The van der Waals surface area contributed by atoms with E-state index in [0.717, 1.165) is 62.8 Å². The number of benzene rings is 3. The van der Waals surface area contributed by atoms with Gasteiger partial charge in [-0.2, -0.15) is 14.0 Å². The summed E-state index contributed by atoms with van der Waals surface area (Å²) < 4.78 is 109. The van der Waals surface area contributed by atoms with E-state index in [2.05, 4.69) is 6.92 Å². The summed E-state index contributed by atoms with van der Waals surface area (Å²) in [5, 5.41) is 8.86. The molecule has 0 atom stereocenters. The molecule has 2 nitrogen and oxygen atoms in total. The van der Waals surface area contributed by atoms with Crippen LogP contribution in [-0.4, -0.2) is 6.10 Å². The van der Waals surface area contributed by atoms with Crippen LogP contribution in [0.5, 0.6) is 0 Å². The van der Waals surface area contributed by atoms with Crippen LogP contribution in [0.3, 0.4) is 0 Å². The van der Waals surface area contributed by atoms with Gasteiger partial charge in [-0.05, 0) is 116 Å². The molecule has 2 saturated carbocycles. The largest absolute Gasteiger partial charge is 0.389 e. The maximum Gasteiger partial charge on any atom is 0.389 e. The van der Waals surface area contributed by atoms with Crippen molar-refractivity contribution in [1.82, 2.24) is 0 Å². The van der Waals surface area contributed by atoms with Crippen LogP contribution in [0.15, 0.2) is 42.5 Å². The molecule has 0 amide bonds. The van der Waals surface area contributed by atoms with E-state index in [1.54, 1.807) is 6.07 Å². The number of halogens is 7. The van der Waals surface area contributed by atoms with Crippen LogP contribution < -0.4 is 0 Å². The van der Waals surface area contributed by atoms with Crippen molar-refractivity contribution in [3.63, 3.8) is 0 Å². The summed E-state index contributed by atoms with van der Waals surface area (Å²) in [6.45, 7) is 2.16. The number of ether oxygens (including phenoxy) is 1. The van der Waals surface area contributed by atoms with E-state index in [0.29, 0.717) is 29.9 Å². The Morgan fingerprint density at radius 3 is 1.85 bits per heavy atom. The third-order valence-corrected chi connectivity index (χ3v) is 9.81. The molecule has 0 bridgehead atoms. The van der Waals surface area contributed by atoms with Crippen molar-refractivity contribution in [3.8, 4) is 17.2 Å². The van der Waals surface area contributed by atoms with Crippen molar-refractivity contribution in [2.45, 2.75) is 108 Å². The Kier molecular flexibility index (Phi) is 10.8. The number of unbranched alkanes of at least 4 members (excludes halogenated alkanes) is 2. The molecule has 46 heavy (non-hydrogen) atoms. The molecule has 5 rings (SSSR count). The van der Waals surface area contributed by atoms with Crippen molar-refractivity contribution in [3.05, 3.63) is 93.8 Å². The molecule has 2 aliphatic rings. The van der Waals surface area contributed by atoms with Gasteiger partial charge in [0.05, 0.1) is 6.10 Å². The lowest BCUT2D eigenvalue weighted by Gasteiger charge is -2.32. The number of nitriles is 1. The molecule has 0 heterocycles. The predicted octanol–water partition coefficient (Wildman–Crippen LogP) is 11.6. The lowest BCUT2D eigenvalue weighted by molar-refractivity contribution is -0.280. The quantitative estimate of drug-likeness (QED) is 0.162. The first-order valence-corrected chi connectivity index (χ1v) is 16.2. The summed E-state index contributed by atoms with van der Waals surface area (Å²) in [7, 11) is 0. The van der Waals surface area contributed by atoms with Crippen LogP contribution in [-0.2, 0) is 10.8 Å². The first kappa shape index (κ1) is 34.0. The summed E-state index contributed by atoms with van der Waals surface area (Å²) in [6, 6.07) is 9.52. The summed E-state index contributed by atoms with van der Waals surface area (Å²) in [5.41, 5.74) is -1.24. The Bertz CT molecular complexity index is 1520. The molecule has 2 fully saturated rings. The van der Waals surface area contributed by atoms with Gasteiger partial charge < -0.3 is 4.74 Å². The summed E-state index contributed by atoms with van der Waals surface area (Å²) in [6.07, 6.45) is 4.12. The zero-order valence-electron chi connectivity index (χ0n) is 25.8. The molecular formula is C37H38F7NO. The number of hydrogen-bond acceptors (Lipinski definition) is 2. The van der Waals surface area contributed by atoms with Gasteiger partial charge in [0.2, 0.25) is 0 Å². The molecule has 0 aromatic heterocycles. The highest BCUT2D eigenvalue weighted by atomic mass is 19.3. The maximum atomic E-state index is 15.2. The Hall–Kier alpha value is -3.38. The van der Waals surface area contributed by atoms with Crippen LogP contribution in [0.2, 0.25) is 0 Å². The fourth-order valence-corrected chi connectivity index (χ4v) is 7.21. The second-order valence-corrected chi connectivity index (χ2v) is 12.8. The Balaban J connectivity index is 1.19. The third kappa shape index (κ3) is 7.60. The lowest BCUT2D eigenvalue weighted by Crippen LogP contribution is -2.31. The van der Waals surface area contributed by atoms with Gasteiger partial charge in [0.1, 0.15) is 46.3 Å². The molecule has 0 N–H and O–H groups in total. The highest BCUT2D eigenvalue weighted by molar-refractivity contribution is 5.66. The first-order valence-electron chi connectivity index (χ1n) is 16.2. The van der Waals surface area contributed by atoms with Crippen LogP contribution >= 0.6 is 0 Å². The highest BCUT2D eigenvalue weighted by Crippen LogP contribution is 2.43. The van der Waals surface area contributed by atoms with Crippen LogP contribution in [0.1, 0.15) is 118 Å². The average Bonchev–Trinajstić information content (AvgIpc) is 3.01. The van der Waals surface area contributed by atoms with Crippen LogP contribution in [0.4, 0.5) is 30.7 Å².